The first kappa shape index (κ1) is 10.9. The molecule has 0 aliphatic carbocycles. The van der Waals surface area contributed by atoms with Gasteiger partial charge in [-0.15, -0.1) is 0 Å². The van der Waals surface area contributed by atoms with Crippen LogP contribution in [0.5, 0.6) is 5.75 Å². The lowest BCUT2D eigenvalue weighted by Crippen LogP contribution is -2.10. The quantitative estimate of drug-likeness (QED) is 0.681. The summed E-state index contributed by atoms with van der Waals surface area (Å²) in [4.78, 5) is 0. The monoisotopic (exact) mass is 204 g/mol. The van der Waals surface area contributed by atoms with Gasteiger partial charge in [0.1, 0.15) is 5.75 Å². The van der Waals surface area contributed by atoms with Gasteiger partial charge in [-0.1, -0.05) is 6.07 Å². The third kappa shape index (κ3) is 1.84. The number of halogens is 3. The Kier molecular flexibility index (Phi) is 2.73. The highest BCUT2D eigenvalue weighted by molar-refractivity contribution is 5.45. The number of hydrogen-bond donors (Lipinski definition) is 0. The van der Waals surface area contributed by atoms with Crippen LogP contribution in [0.4, 0.5) is 13.2 Å². The highest BCUT2D eigenvalue weighted by Crippen LogP contribution is 2.37. The van der Waals surface area contributed by atoms with Gasteiger partial charge in [0.2, 0.25) is 0 Å². The molecule has 0 unspecified atom stereocenters. The van der Waals surface area contributed by atoms with Crippen molar-refractivity contribution in [2.45, 2.75) is 20.0 Å². The van der Waals surface area contributed by atoms with E-state index >= 15 is 0 Å². The van der Waals surface area contributed by atoms with Crippen molar-refractivity contribution in [2.24, 2.45) is 0 Å². The summed E-state index contributed by atoms with van der Waals surface area (Å²) in [7, 11) is 1.36. The second-order valence-corrected chi connectivity index (χ2v) is 3.08. The molecule has 0 bridgehead atoms. The van der Waals surface area contributed by atoms with E-state index in [-0.39, 0.29) is 16.9 Å². The molecular weight excluding hydrogens is 193 g/mol. The van der Waals surface area contributed by atoms with Crippen molar-refractivity contribution in [3.63, 3.8) is 0 Å². The standard InChI is InChI=1S/C10H11F3O/c1-6-4-5-8(14-3)7(2)9(6)10(11,12)13/h4-5H,1-3H3. The fourth-order valence-electron chi connectivity index (χ4n) is 1.49. The molecule has 0 N–H and O–H groups in total. The van der Waals surface area contributed by atoms with Crippen LogP contribution in [0.1, 0.15) is 16.7 Å². The summed E-state index contributed by atoms with van der Waals surface area (Å²) in [6.45, 7) is 2.85. The summed E-state index contributed by atoms with van der Waals surface area (Å²) in [5.41, 5.74) is -0.243. The molecule has 0 aliphatic heterocycles. The largest absolute Gasteiger partial charge is 0.496 e. The van der Waals surface area contributed by atoms with Gasteiger partial charge in [0.05, 0.1) is 12.7 Å². The lowest BCUT2D eigenvalue weighted by atomic mass is 10.0. The average Bonchev–Trinajstić information content (AvgIpc) is 2.02. The third-order valence-corrected chi connectivity index (χ3v) is 2.13. The maximum Gasteiger partial charge on any atom is 0.417 e. The minimum absolute atomic E-state index is 0.139. The summed E-state index contributed by atoms with van der Waals surface area (Å²) < 4.78 is 42.5. The average molecular weight is 204 g/mol. The van der Waals surface area contributed by atoms with E-state index in [2.05, 4.69) is 0 Å². The Hall–Kier alpha value is -1.19. The molecule has 0 atom stereocenters. The molecule has 0 heterocycles. The molecule has 1 aromatic rings. The predicted molar refractivity (Wildman–Crippen MR) is 47.5 cm³/mol. The number of alkyl halides is 3. The van der Waals surface area contributed by atoms with Crippen LogP contribution in [-0.2, 0) is 6.18 Å². The molecule has 0 aliphatic rings. The first-order valence-corrected chi connectivity index (χ1v) is 4.09. The Balaban J connectivity index is 3.40. The summed E-state index contributed by atoms with van der Waals surface area (Å²) in [5.74, 6) is 0.267. The lowest BCUT2D eigenvalue weighted by molar-refractivity contribution is -0.138. The summed E-state index contributed by atoms with van der Waals surface area (Å²) in [6.07, 6.45) is -4.32. The van der Waals surface area contributed by atoms with E-state index < -0.39 is 11.7 Å². The summed E-state index contributed by atoms with van der Waals surface area (Å²) in [5, 5.41) is 0. The van der Waals surface area contributed by atoms with Crippen molar-refractivity contribution in [1.82, 2.24) is 0 Å². The molecule has 0 saturated carbocycles. The van der Waals surface area contributed by atoms with Gasteiger partial charge in [0.25, 0.3) is 0 Å². The number of aryl methyl sites for hydroxylation is 1. The van der Waals surface area contributed by atoms with E-state index in [1.54, 1.807) is 6.07 Å². The summed E-state index contributed by atoms with van der Waals surface area (Å²) >= 11 is 0. The van der Waals surface area contributed by atoms with Gasteiger partial charge in [0, 0.05) is 5.56 Å². The molecule has 4 heteroatoms. The highest BCUT2D eigenvalue weighted by atomic mass is 19.4. The molecule has 1 aromatic carbocycles. The zero-order valence-corrected chi connectivity index (χ0v) is 8.20. The van der Waals surface area contributed by atoms with Crippen LogP contribution in [0.2, 0.25) is 0 Å². The fourth-order valence-corrected chi connectivity index (χ4v) is 1.49. The van der Waals surface area contributed by atoms with Gasteiger partial charge in [-0.3, -0.25) is 0 Å². The van der Waals surface area contributed by atoms with Crippen molar-refractivity contribution in [2.75, 3.05) is 7.11 Å². The van der Waals surface area contributed by atoms with Gasteiger partial charge in [-0.05, 0) is 25.5 Å². The minimum atomic E-state index is -4.32. The topological polar surface area (TPSA) is 9.23 Å². The molecule has 1 nitrogen and oxygen atoms in total. The van der Waals surface area contributed by atoms with E-state index in [1.807, 2.05) is 0 Å². The second kappa shape index (κ2) is 3.52. The molecule has 14 heavy (non-hydrogen) atoms. The van der Waals surface area contributed by atoms with Crippen LogP contribution in [0, 0.1) is 13.8 Å². The van der Waals surface area contributed by atoms with Crippen molar-refractivity contribution in [3.05, 3.63) is 28.8 Å². The zero-order valence-electron chi connectivity index (χ0n) is 8.20. The molecule has 0 radical (unpaired) electrons. The van der Waals surface area contributed by atoms with Gasteiger partial charge < -0.3 is 4.74 Å². The van der Waals surface area contributed by atoms with Gasteiger partial charge in [0.15, 0.2) is 0 Å². The number of rotatable bonds is 1. The molecular formula is C10H11F3O. The first-order chi connectivity index (χ1) is 6.38. The number of ether oxygens (including phenoxy) is 1. The Morgan fingerprint density at radius 2 is 1.71 bits per heavy atom. The molecule has 0 spiro atoms. The van der Waals surface area contributed by atoms with Crippen molar-refractivity contribution < 1.29 is 17.9 Å². The lowest BCUT2D eigenvalue weighted by Gasteiger charge is -2.15. The maximum absolute atomic E-state index is 12.6. The van der Waals surface area contributed by atoms with E-state index in [1.165, 1.54) is 27.0 Å². The number of hydrogen-bond acceptors (Lipinski definition) is 1. The van der Waals surface area contributed by atoms with Gasteiger partial charge in [-0.25, -0.2) is 0 Å². The SMILES string of the molecule is COc1ccc(C)c(C(F)(F)F)c1C. The van der Waals surface area contributed by atoms with Gasteiger partial charge >= 0.3 is 6.18 Å². The van der Waals surface area contributed by atoms with E-state index in [4.69, 9.17) is 4.74 Å². The van der Waals surface area contributed by atoms with Crippen molar-refractivity contribution in [3.8, 4) is 5.75 Å². The van der Waals surface area contributed by atoms with Gasteiger partial charge in [-0.2, -0.15) is 13.2 Å². The molecule has 0 fully saturated rings. The number of benzene rings is 1. The predicted octanol–water partition coefficient (Wildman–Crippen LogP) is 3.33. The van der Waals surface area contributed by atoms with E-state index in [9.17, 15) is 13.2 Å². The smallest absolute Gasteiger partial charge is 0.417 e. The van der Waals surface area contributed by atoms with Crippen molar-refractivity contribution in [1.29, 1.82) is 0 Å². The van der Waals surface area contributed by atoms with Crippen LogP contribution in [0.15, 0.2) is 12.1 Å². The maximum atomic E-state index is 12.6. The Morgan fingerprint density at radius 3 is 2.14 bits per heavy atom. The summed E-state index contributed by atoms with van der Waals surface area (Å²) in [6, 6.07) is 2.95. The normalized spacial score (nSPS) is 11.6. The van der Waals surface area contributed by atoms with Crippen LogP contribution < -0.4 is 4.74 Å². The molecule has 1 rings (SSSR count). The molecule has 0 aromatic heterocycles. The molecule has 0 amide bonds. The van der Waals surface area contributed by atoms with Crippen LogP contribution in [0.3, 0.4) is 0 Å². The van der Waals surface area contributed by atoms with Crippen LogP contribution >= 0.6 is 0 Å². The zero-order chi connectivity index (χ0) is 10.9. The third-order valence-electron chi connectivity index (χ3n) is 2.13. The Bertz CT molecular complexity index is 342. The highest BCUT2D eigenvalue weighted by Gasteiger charge is 2.35. The Labute approximate surface area is 80.5 Å². The van der Waals surface area contributed by atoms with Crippen molar-refractivity contribution >= 4 is 0 Å². The van der Waals surface area contributed by atoms with Crippen LogP contribution in [0.25, 0.3) is 0 Å². The molecule has 78 valence electrons. The van der Waals surface area contributed by atoms with E-state index in [0.29, 0.717) is 0 Å². The van der Waals surface area contributed by atoms with E-state index in [0.717, 1.165) is 0 Å². The second-order valence-electron chi connectivity index (χ2n) is 3.08. The first-order valence-electron chi connectivity index (χ1n) is 4.09. The molecule has 0 saturated heterocycles. The van der Waals surface area contributed by atoms with Crippen LogP contribution in [-0.4, -0.2) is 7.11 Å². The fraction of sp³-hybridized carbons (Fsp3) is 0.400. The number of methoxy groups -OCH3 is 1. The Morgan fingerprint density at radius 1 is 1.14 bits per heavy atom. The minimum Gasteiger partial charge on any atom is -0.496 e.